The van der Waals surface area contributed by atoms with Gasteiger partial charge in [0.05, 0.1) is 0 Å². The molecule has 0 aliphatic carbocycles. The minimum atomic E-state index is -1.01. The monoisotopic (exact) mass is 140 g/mol. The maximum atomic E-state index is 9.91. The van der Waals surface area contributed by atoms with Gasteiger partial charge in [0.15, 0.2) is 0 Å². The minimum Gasteiger partial charge on any atom is -0.550 e. The zero-order valence-electron chi connectivity index (χ0n) is 5.82. The first kappa shape index (κ1) is 11.8. The van der Waals surface area contributed by atoms with Crippen LogP contribution in [0.3, 0.4) is 0 Å². The molecule has 0 aliphatic heterocycles. The van der Waals surface area contributed by atoms with E-state index in [0.717, 1.165) is 0 Å². The SMILES string of the molecule is CC(C)(C)C(=O)[O-].[K+]. The summed E-state index contributed by atoms with van der Waals surface area (Å²) in [5.41, 5.74) is -0.694. The van der Waals surface area contributed by atoms with Gasteiger partial charge in [-0.05, 0) is 0 Å². The number of rotatable bonds is 0. The summed E-state index contributed by atoms with van der Waals surface area (Å²) in [6.07, 6.45) is 0. The van der Waals surface area contributed by atoms with Crippen molar-refractivity contribution >= 4 is 5.97 Å². The summed E-state index contributed by atoms with van der Waals surface area (Å²) in [4.78, 5) is 9.91. The van der Waals surface area contributed by atoms with E-state index < -0.39 is 11.4 Å². The molecule has 42 valence electrons. The van der Waals surface area contributed by atoms with E-state index in [0.29, 0.717) is 0 Å². The van der Waals surface area contributed by atoms with Crippen LogP contribution in [-0.2, 0) is 4.79 Å². The zero-order valence-corrected chi connectivity index (χ0v) is 8.94. The van der Waals surface area contributed by atoms with Crippen LogP contribution in [0.15, 0.2) is 0 Å². The fourth-order valence-corrected chi connectivity index (χ4v) is 0. The van der Waals surface area contributed by atoms with Crippen LogP contribution in [0.25, 0.3) is 0 Å². The Morgan fingerprint density at radius 1 is 1.38 bits per heavy atom. The predicted molar refractivity (Wildman–Crippen MR) is 24.5 cm³/mol. The predicted octanol–water partition coefficient (Wildman–Crippen LogP) is -3.21. The van der Waals surface area contributed by atoms with Crippen LogP contribution in [0, 0.1) is 5.41 Å². The largest absolute Gasteiger partial charge is 1.00 e. The Bertz CT molecular complexity index is 82.9. The number of carbonyl (C=O) groups is 1. The van der Waals surface area contributed by atoms with Crippen LogP contribution in [0.5, 0.6) is 0 Å². The Kier molecular flexibility index (Phi) is 5.94. The van der Waals surface area contributed by atoms with Crippen molar-refractivity contribution in [3.05, 3.63) is 0 Å². The molecule has 0 radical (unpaired) electrons. The van der Waals surface area contributed by atoms with Crippen LogP contribution in [0.1, 0.15) is 20.8 Å². The second-order valence-corrected chi connectivity index (χ2v) is 2.54. The summed E-state index contributed by atoms with van der Waals surface area (Å²) in [5.74, 6) is -1.01. The second-order valence-electron chi connectivity index (χ2n) is 2.54. The third-order valence-corrected chi connectivity index (χ3v) is 0.612. The van der Waals surface area contributed by atoms with Crippen molar-refractivity contribution in [3.63, 3.8) is 0 Å². The van der Waals surface area contributed by atoms with Gasteiger partial charge in [0.25, 0.3) is 0 Å². The van der Waals surface area contributed by atoms with Crippen molar-refractivity contribution in [3.8, 4) is 0 Å². The molecule has 0 atom stereocenters. The third kappa shape index (κ3) is 5.25. The van der Waals surface area contributed by atoms with Gasteiger partial charge in [-0.15, -0.1) is 0 Å². The van der Waals surface area contributed by atoms with Crippen LogP contribution >= 0.6 is 0 Å². The fourth-order valence-electron chi connectivity index (χ4n) is 0. The summed E-state index contributed by atoms with van der Waals surface area (Å²) in [5, 5.41) is 9.91. The standard InChI is InChI=1S/C5H10O2.K/c1-5(2,3)4(6)7;/h1-3H3,(H,6,7);/q;+1/p-1. The number of carboxylic acid groups (broad SMARTS) is 1. The number of carboxylic acids is 1. The van der Waals surface area contributed by atoms with E-state index in [2.05, 4.69) is 0 Å². The first-order valence-corrected chi connectivity index (χ1v) is 2.16. The normalized spacial score (nSPS) is 9.88. The minimum absolute atomic E-state index is 0. The van der Waals surface area contributed by atoms with Crippen molar-refractivity contribution < 1.29 is 61.3 Å². The van der Waals surface area contributed by atoms with Gasteiger partial charge in [0.1, 0.15) is 0 Å². The number of hydrogen-bond acceptors (Lipinski definition) is 2. The maximum Gasteiger partial charge on any atom is 1.00 e. The molecule has 0 fully saturated rings. The van der Waals surface area contributed by atoms with Crippen LogP contribution in [-0.4, -0.2) is 5.97 Å². The summed E-state index contributed by atoms with van der Waals surface area (Å²) in [6, 6.07) is 0. The molecular formula is C5H9KO2. The number of hydrogen-bond donors (Lipinski definition) is 0. The molecule has 0 bridgehead atoms. The Labute approximate surface area is 92.1 Å². The van der Waals surface area contributed by atoms with Gasteiger partial charge in [0.2, 0.25) is 0 Å². The van der Waals surface area contributed by atoms with Gasteiger partial charge < -0.3 is 9.90 Å². The topological polar surface area (TPSA) is 40.1 Å². The molecule has 3 heteroatoms. The van der Waals surface area contributed by atoms with Crippen molar-refractivity contribution in [2.45, 2.75) is 20.8 Å². The van der Waals surface area contributed by atoms with Gasteiger partial charge >= 0.3 is 51.4 Å². The molecule has 0 saturated carbocycles. The molecule has 0 aromatic heterocycles. The summed E-state index contributed by atoms with van der Waals surface area (Å²) in [6.45, 7) is 4.80. The number of aliphatic carboxylic acids is 1. The molecule has 0 rings (SSSR count). The molecular weight excluding hydrogens is 131 g/mol. The second kappa shape index (κ2) is 4.01. The van der Waals surface area contributed by atoms with Gasteiger partial charge in [-0.2, -0.15) is 0 Å². The molecule has 0 N–H and O–H groups in total. The van der Waals surface area contributed by atoms with Crippen LogP contribution in [0.4, 0.5) is 0 Å². The molecule has 0 unspecified atom stereocenters. The van der Waals surface area contributed by atoms with E-state index in [1.165, 1.54) is 0 Å². The van der Waals surface area contributed by atoms with Crippen LogP contribution in [0.2, 0.25) is 0 Å². The summed E-state index contributed by atoms with van der Waals surface area (Å²) in [7, 11) is 0. The quantitative estimate of drug-likeness (QED) is 0.332. The van der Waals surface area contributed by atoms with Gasteiger partial charge in [0, 0.05) is 11.4 Å². The van der Waals surface area contributed by atoms with Gasteiger partial charge in [-0.3, -0.25) is 0 Å². The smallest absolute Gasteiger partial charge is 0.550 e. The Morgan fingerprint density at radius 3 is 1.50 bits per heavy atom. The molecule has 0 saturated heterocycles. The molecule has 0 heterocycles. The average molecular weight is 140 g/mol. The van der Waals surface area contributed by atoms with Gasteiger partial charge in [-0.1, -0.05) is 20.8 Å². The fraction of sp³-hybridized carbons (Fsp3) is 0.800. The molecule has 2 nitrogen and oxygen atoms in total. The van der Waals surface area contributed by atoms with Crippen molar-refractivity contribution in [1.82, 2.24) is 0 Å². The van der Waals surface area contributed by atoms with E-state index >= 15 is 0 Å². The van der Waals surface area contributed by atoms with Crippen molar-refractivity contribution in [1.29, 1.82) is 0 Å². The molecule has 0 spiro atoms. The van der Waals surface area contributed by atoms with Crippen molar-refractivity contribution in [2.24, 2.45) is 5.41 Å². The first-order chi connectivity index (χ1) is 2.94. The molecule has 8 heavy (non-hydrogen) atoms. The summed E-state index contributed by atoms with van der Waals surface area (Å²) < 4.78 is 0. The first-order valence-electron chi connectivity index (χ1n) is 2.16. The van der Waals surface area contributed by atoms with E-state index in [1.807, 2.05) is 0 Å². The Hall–Kier alpha value is 1.11. The molecule has 0 aromatic rings. The van der Waals surface area contributed by atoms with E-state index in [4.69, 9.17) is 0 Å². The van der Waals surface area contributed by atoms with E-state index in [-0.39, 0.29) is 51.4 Å². The molecule has 0 amide bonds. The zero-order chi connectivity index (χ0) is 6.08. The van der Waals surface area contributed by atoms with E-state index in [9.17, 15) is 9.90 Å². The molecule has 0 aliphatic rings. The van der Waals surface area contributed by atoms with Gasteiger partial charge in [-0.25, -0.2) is 0 Å². The molecule has 0 aromatic carbocycles. The average Bonchev–Trinajstić information content (AvgIpc) is 1.31. The van der Waals surface area contributed by atoms with E-state index in [1.54, 1.807) is 20.8 Å². The number of carbonyl (C=O) groups excluding carboxylic acids is 1. The summed E-state index contributed by atoms with van der Waals surface area (Å²) >= 11 is 0. The van der Waals surface area contributed by atoms with Crippen molar-refractivity contribution in [2.75, 3.05) is 0 Å². The van der Waals surface area contributed by atoms with Crippen LogP contribution < -0.4 is 56.5 Å². The third-order valence-electron chi connectivity index (χ3n) is 0.612. The Balaban J connectivity index is 0. The maximum absolute atomic E-state index is 9.91. The Morgan fingerprint density at radius 2 is 1.50 bits per heavy atom.